The SMILES string of the molecule is Cc1cc(C)c(-c2c3nc(c(-c4c(C)cc(C)cc4C)c4ccc([nH]4)c(-c4c(NC(=O)c5ccc(CN(Cc6nccn6C)c6cn(-c7cc(C)ccc7O)cn6)nc5)cc(C(C)(C)C)cc4NC(=O)c4cccc(Cn5ccnc5)c4)c4nc(c(-c5c(C)cc(C)cc5C)c5ccc2[nH]5)C=C4)C=C3)c(C)c1. The maximum atomic E-state index is 15.7. The topological polar surface area (TPSA) is 205 Å². The number of aryl methyl sites for hydroxylation is 11. The number of hydrogen-bond donors (Lipinski definition) is 5. The molecular weight excluding hydrogens is 1330 g/mol. The average molecular weight is 1410 g/mol. The molecule has 0 radical (unpaired) electrons. The van der Waals surface area contributed by atoms with Crippen molar-refractivity contribution >= 4 is 75.4 Å². The highest BCUT2D eigenvalue weighted by atomic mass is 16.3. The van der Waals surface area contributed by atoms with Gasteiger partial charge in [-0.1, -0.05) is 92.1 Å². The lowest BCUT2D eigenvalue weighted by Gasteiger charge is -2.25. The first-order valence-corrected chi connectivity index (χ1v) is 36.1. The van der Waals surface area contributed by atoms with Crippen LogP contribution in [0.1, 0.15) is 143 Å². The lowest BCUT2D eigenvalue weighted by Crippen LogP contribution is -2.25. The number of phenolic OH excluding ortho intramolecular Hbond substituents is 1. The Morgan fingerprint density at radius 3 is 1.49 bits per heavy atom. The molecule has 0 saturated heterocycles. The maximum Gasteiger partial charge on any atom is 0.257 e. The number of imidazole rings is 3. The number of aromatic amines is 2. The van der Waals surface area contributed by atoms with Crippen LogP contribution in [0.25, 0.3) is 96.6 Å². The van der Waals surface area contributed by atoms with Crippen LogP contribution in [0.5, 0.6) is 5.75 Å². The third kappa shape index (κ3) is 13.9. The average Bonchev–Trinajstić information content (AvgIpc) is 1.65. The highest BCUT2D eigenvalue weighted by Gasteiger charge is 2.29. The highest BCUT2D eigenvalue weighted by molar-refractivity contribution is 6.14. The van der Waals surface area contributed by atoms with Gasteiger partial charge in [0.1, 0.15) is 23.7 Å². The van der Waals surface area contributed by atoms with Crippen molar-refractivity contribution in [1.82, 2.24) is 53.6 Å². The van der Waals surface area contributed by atoms with Gasteiger partial charge in [0.05, 0.1) is 76.7 Å². The van der Waals surface area contributed by atoms with Crippen molar-refractivity contribution in [3.63, 3.8) is 0 Å². The minimum Gasteiger partial charge on any atom is -0.506 e. The molecule has 0 fully saturated rings. The summed E-state index contributed by atoms with van der Waals surface area (Å²) in [7, 11) is 1.95. The van der Waals surface area contributed by atoms with Crippen LogP contribution >= 0.6 is 0 Å². The Hall–Kier alpha value is -12.8. The van der Waals surface area contributed by atoms with E-state index in [-0.39, 0.29) is 11.7 Å². The zero-order valence-electron chi connectivity index (χ0n) is 62.9. The van der Waals surface area contributed by atoms with Crippen molar-refractivity contribution in [1.29, 1.82) is 0 Å². The van der Waals surface area contributed by atoms with Crippen LogP contribution < -0.4 is 15.5 Å². The Morgan fingerprint density at radius 1 is 0.505 bits per heavy atom. The van der Waals surface area contributed by atoms with Gasteiger partial charge in [0, 0.05) is 100 Å². The normalized spacial score (nSPS) is 12.0. The summed E-state index contributed by atoms with van der Waals surface area (Å²) in [4.78, 5) is 71.7. The van der Waals surface area contributed by atoms with Gasteiger partial charge in [0.25, 0.3) is 11.8 Å². The minimum absolute atomic E-state index is 0.129. The van der Waals surface area contributed by atoms with E-state index in [1.165, 1.54) is 5.56 Å². The number of carbonyl (C=O) groups is 2. The van der Waals surface area contributed by atoms with Crippen molar-refractivity contribution in [2.75, 3.05) is 15.5 Å². The standard InChI is InChI=1S/C90H86N14O3/c1-51-18-29-77(105)76(40-51)104-48-79(94-50-104)103(47-78-92-31-32-101(78)14)46-65-20-19-63(44-93-65)89(107)100-75-43-64(90(11,12)13)42-74(99-88(106)62-17-15-16-61(41-62)45-102-33-30-91-49-102)87(75)86-72-27-25-70(97-72)84(81-57(7)36-53(3)37-58(81)8)68-23-21-66(95-68)83(80-55(5)34-52(2)35-56(80)6)67-22-24-69(96-67)85(71-26-28-73(86)98-71)82-59(9)38-54(4)39-60(82)10/h15-44,48-50,95,98,105H,45-47H2,1-14H3,(H,99,106)(H,100,107). The van der Waals surface area contributed by atoms with E-state index in [0.29, 0.717) is 87.4 Å². The molecule has 17 nitrogen and oxygen atoms in total. The number of carbonyl (C=O) groups excluding carboxylic acids is 2. The molecule has 7 aromatic heterocycles. The summed E-state index contributed by atoms with van der Waals surface area (Å²) in [5, 5.41) is 17.8. The molecule has 2 amide bonds. The molecule has 0 spiro atoms. The van der Waals surface area contributed by atoms with E-state index >= 15 is 9.59 Å². The first-order chi connectivity index (χ1) is 51.3. The summed E-state index contributed by atoms with van der Waals surface area (Å²) in [5.41, 5.74) is 28.4. The maximum absolute atomic E-state index is 15.7. The summed E-state index contributed by atoms with van der Waals surface area (Å²) in [6.45, 7) is 29.0. The van der Waals surface area contributed by atoms with Crippen molar-refractivity contribution in [3.8, 4) is 55.9 Å². The van der Waals surface area contributed by atoms with Gasteiger partial charge in [-0.05, 0) is 239 Å². The lowest BCUT2D eigenvalue weighted by molar-refractivity contribution is 0.101. The molecule has 5 N–H and O–H groups in total. The molecule has 0 atom stereocenters. The Balaban J connectivity index is 0.971. The number of nitrogens with zero attached hydrogens (tertiary/aromatic N) is 10. The third-order valence-electron chi connectivity index (χ3n) is 20.4. The van der Waals surface area contributed by atoms with Gasteiger partial charge < -0.3 is 44.3 Å². The largest absolute Gasteiger partial charge is 0.506 e. The predicted octanol–water partition coefficient (Wildman–Crippen LogP) is 19.7. The molecule has 13 aromatic rings. The van der Waals surface area contributed by atoms with Crippen LogP contribution in [0.3, 0.4) is 0 Å². The number of aromatic hydroxyl groups is 1. The Bertz CT molecular complexity index is 5860. The molecule has 9 heterocycles. The summed E-state index contributed by atoms with van der Waals surface area (Å²) in [6.07, 6.45) is 22.7. The predicted molar refractivity (Wildman–Crippen MR) is 433 cm³/mol. The quantitative estimate of drug-likeness (QED) is 0.0619. The van der Waals surface area contributed by atoms with Gasteiger partial charge in [-0.3, -0.25) is 14.6 Å². The number of amides is 2. The smallest absolute Gasteiger partial charge is 0.257 e. The molecule has 2 aliphatic heterocycles. The van der Waals surface area contributed by atoms with E-state index in [0.717, 1.165) is 128 Å². The van der Waals surface area contributed by atoms with E-state index in [1.54, 1.807) is 47.9 Å². The molecule has 15 rings (SSSR count). The molecule has 2 aliphatic rings. The number of anilines is 3. The Morgan fingerprint density at radius 2 is 1.02 bits per heavy atom. The number of phenols is 1. The number of rotatable bonds is 16. The third-order valence-corrected chi connectivity index (χ3v) is 20.4. The summed E-state index contributed by atoms with van der Waals surface area (Å²) >= 11 is 0. The second-order valence-electron chi connectivity index (χ2n) is 29.8. The van der Waals surface area contributed by atoms with Gasteiger partial charge in [-0.15, -0.1) is 0 Å². The monoisotopic (exact) mass is 1410 g/mol. The van der Waals surface area contributed by atoms with Gasteiger partial charge in [-0.2, -0.15) is 0 Å². The van der Waals surface area contributed by atoms with Crippen molar-refractivity contribution in [3.05, 3.63) is 289 Å². The minimum atomic E-state index is -0.519. The van der Waals surface area contributed by atoms with E-state index in [4.69, 9.17) is 19.9 Å². The molecule has 0 unspecified atom stereocenters. The zero-order chi connectivity index (χ0) is 74.9. The van der Waals surface area contributed by atoms with E-state index in [1.807, 2.05) is 96.3 Å². The van der Waals surface area contributed by atoms with Crippen LogP contribution in [0.2, 0.25) is 0 Å². The molecule has 8 bridgehead atoms. The fourth-order valence-corrected chi connectivity index (χ4v) is 15.5. The molecule has 534 valence electrons. The first kappa shape index (κ1) is 69.9. The van der Waals surface area contributed by atoms with Crippen molar-refractivity contribution in [2.24, 2.45) is 7.05 Å². The fourth-order valence-electron chi connectivity index (χ4n) is 15.5. The summed E-state index contributed by atoms with van der Waals surface area (Å²) in [6, 6.07) is 42.7. The summed E-state index contributed by atoms with van der Waals surface area (Å²) in [5.74, 6) is 0.769. The Kier molecular flexibility index (Phi) is 18.3. The number of aromatic nitrogens is 11. The molecular formula is C90H86N14O3. The fraction of sp³-hybridized carbons (Fsp3) is 0.200. The van der Waals surface area contributed by atoms with E-state index in [9.17, 15) is 5.11 Å². The number of hydrogen-bond acceptors (Lipinski definition) is 10. The van der Waals surface area contributed by atoms with Crippen LogP contribution in [0.15, 0.2) is 177 Å². The lowest BCUT2D eigenvalue weighted by atomic mass is 9.84. The van der Waals surface area contributed by atoms with Crippen LogP contribution in [-0.2, 0) is 32.1 Å². The summed E-state index contributed by atoms with van der Waals surface area (Å²) < 4.78 is 5.73. The van der Waals surface area contributed by atoms with Gasteiger partial charge >= 0.3 is 0 Å². The molecule has 6 aromatic carbocycles. The van der Waals surface area contributed by atoms with Crippen LogP contribution in [0, 0.1) is 69.2 Å². The number of fused-ring (bicyclic) bond motifs is 8. The van der Waals surface area contributed by atoms with E-state index in [2.05, 4.69) is 204 Å². The molecule has 17 heteroatoms. The molecule has 107 heavy (non-hydrogen) atoms. The number of benzene rings is 6. The zero-order valence-corrected chi connectivity index (χ0v) is 62.9. The number of nitrogens with one attached hydrogen (secondary N) is 4. The first-order valence-electron chi connectivity index (χ1n) is 36.1. The molecule has 0 aliphatic carbocycles. The number of H-pyrrole nitrogens is 2. The second-order valence-corrected chi connectivity index (χ2v) is 29.8. The highest BCUT2D eigenvalue weighted by Crippen LogP contribution is 2.47. The molecule has 0 saturated carbocycles. The second kappa shape index (κ2) is 28.0. The van der Waals surface area contributed by atoms with E-state index < -0.39 is 11.3 Å². The Labute approximate surface area is 623 Å². The van der Waals surface area contributed by atoms with Gasteiger partial charge in [0.2, 0.25) is 0 Å². The van der Waals surface area contributed by atoms with Crippen LogP contribution in [-0.4, -0.2) is 70.5 Å². The van der Waals surface area contributed by atoms with Gasteiger partial charge in [0.15, 0.2) is 0 Å². The van der Waals surface area contributed by atoms with Gasteiger partial charge in [-0.25, -0.2) is 24.9 Å². The number of pyridine rings is 1. The van der Waals surface area contributed by atoms with Crippen molar-refractivity contribution < 1.29 is 14.7 Å². The van der Waals surface area contributed by atoms with Crippen LogP contribution in [0.4, 0.5) is 17.2 Å². The van der Waals surface area contributed by atoms with Crippen molar-refractivity contribution in [2.45, 2.75) is 115 Å².